The fourth-order valence-corrected chi connectivity index (χ4v) is 3.12. The summed E-state index contributed by atoms with van der Waals surface area (Å²) in [5.41, 5.74) is 2.56. The highest BCUT2D eigenvalue weighted by molar-refractivity contribution is 8.00. The van der Waals surface area contributed by atoms with Crippen LogP contribution in [0.2, 0.25) is 5.02 Å². The van der Waals surface area contributed by atoms with Gasteiger partial charge in [0.2, 0.25) is 5.89 Å². The largest absolute Gasteiger partial charge is 0.411 e. The number of halogens is 1. The van der Waals surface area contributed by atoms with Gasteiger partial charge in [0.05, 0.1) is 5.25 Å². The normalized spacial score (nSPS) is 12.1. The Hall–Kier alpha value is -2.11. The second-order valence-electron chi connectivity index (χ2n) is 5.32. The number of carbonyl (C=O) groups is 1. The minimum absolute atomic E-state index is 0.00712. The molecule has 0 radical (unpaired) electrons. The summed E-state index contributed by atoms with van der Waals surface area (Å²) in [5.74, 6) is 0.453. The molecule has 3 aromatic rings. The Morgan fingerprint density at radius 2 is 1.83 bits per heavy atom. The molecule has 0 saturated heterocycles. The van der Waals surface area contributed by atoms with Gasteiger partial charge in [-0.25, -0.2) is 0 Å². The minimum atomic E-state index is -0.337. The van der Waals surface area contributed by atoms with Crippen molar-refractivity contribution in [2.75, 3.05) is 0 Å². The third-order valence-corrected chi connectivity index (χ3v) is 4.74. The molecule has 122 valence electrons. The lowest BCUT2D eigenvalue weighted by Gasteiger charge is -2.07. The Morgan fingerprint density at radius 3 is 2.54 bits per heavy atom. The van der Waals surface area contributed by atoms with Gasteiger partial charge >= 0.3 is 0 Å². The number of aromatic nitrogens is 2. The van der Waals surface area contributed by atoms with Crippen LogP contribution >= 0.6 is 23.4 Å². The van der Waals surface area contributed by atoms with Gasteiger partial charge in [0.15, 0.2) is 5.78 Å². The van der Waals surface area contributed by atoms with Crippen molar-refractivity contribution in [1.29, 1.82) is 0 Å². The van der Waals surface area contributed by atoms with Crippen LogP contribution in [0.3, 0.4) is 0 Å². The highest BCUT2D eigenvalue weighted by Gasteiger charge is 2.20. The van der Waals surface area contributed by atoms with Crippen molar-refractivity contribution < 1.29 is 9.21 Å². The van der Waals surface area contributed by atoms with E-state index >= 15 is 0 Å². The van der Waals surface area contributed by atoms with Crippen LogP contribution in [0.25, 0.3) is 11.5 Å². The lowest BCUT2D eigenvalue weighted by Crippen LogP contribution is -2.13. The summed E-state index contributed by atoms with van der Waals surface area (Å²) in [5, 5.41) is 8.76. The zero-order valence-electron chi connectivity index (χ0n) is 13.2. The molecule has 6 heteroatoms. The minimum Gasteiger partial charge on any atom is -0.411 e. The number of aryl methyl sites for hydroxylation is 1. The number of ketones is 1. The van der Waals surface area contributed by atoms with Crippen LogP contribution in [0, 0.1) is 6.92 Å². The fourth-order valence-electron chi connectivity index (χ4n) is 2.23. The van der Waals surface area contributed by atoms with Crippen molar-refractivity contribution in [2.24, 2.45) is 0 Å². The maximum Gasteiger partial charge on any atom is 0.277 e. The molecule has 1 aromatic heterocycles. The highest BCUT2D eigenvalue weighted by Crippen LogP contribution is 2.29. The Bertz CT molecular complexity index is 861. The van der Waals surface area contributed by atoms with Gasteiger partial charge in [-0.3, -0.25) is 4.79 Å². The van der Waals surface area contributed by atoms with E-state index < -0.39 is 0 Å². The van der Waals surface area contributed by atoms with E-state index in [2.05, 4.69) is 10.2 Å². The van der Waals surface area contributed by atoms with Crippen molar-refractivity contribution in [3.8, 4) is 11.5 Å². The quantitative estimate of drug-likeness (QED) is 0.471. The summed E-state index contributed by atoms with van der Waals surface area (Å²) in [4.78, 5) is 12.4. The van der Waals surface area contributed by atoms with Crippen molar-refractivity contribution in [3.05, 3.63) is 64.7 Å². The number of Topliss-reactive ketones (excluding diaryl/α,β-unsaturated/α-hetero) is 1. The van der Waals surface area contributed by atoms with Gasteiger partial charge in [-0.15, -0.1) is 10.2 Å². The first kappa shape index (κ1) is 16.7. The fraction of sp³-hybridized carbons (Fsp3) is 0.167. The molecule has 0 bridgehead atoms. The van der Waals surface area contributed by atoms with E-state index in [4.69, 9.17) is 16.0 Å². The van der Waals surface area contributed by atoms with Crippen LogP contribution in [0.4, 0.5) is 0 Å². The van der Waals surface area contributed by atoms with Gasteiger partial charge in [0.25, 0.3) is 5.22 Å². The monoisotopic (exact) mass is 358 g/mol. The van der Waals surface area contributed by atoms with Gasteiger partial charge in [0.1, 0.15) is 0 Å². The summed E-state index contributed by atoms with van der Waals surface area (Å²) in [6.45, 7) is 3.80. The van der Waals surface area contributed by atoms with E-state index in [9.17, 15) is 4.79 Å². The van der Waals surface area contributed by atoms with E-state index in [-0.39, 0.29) is 11.0 Å². The molecule has 0 spiro atoms. The first-order chi connectivity index (χ1) is 11.5. The second-order valence-corrected chi connectivity index (χ2v) is 7.05. The van der Waals surface area contributed by atoms with E-state index in [1.807, 2.05) is 38.1 Å². The SMILES string of the molecule is Cc1ccccc1-c1nnc(S[C@H](C)C(=O)c2ccc(Cl)cc2)o1. The number of carbonyl (C=O) groups excluding carboxylic acids is 1. The van der Waals surface area contributed by atoms with Crippen molar-refractivity contribution >= 4 is 29.1 Å². The summed E-state index contributed by atoms with van der Waals surface area (Å²) >= 11 is 7.10. The lowest BCUT2D eigenvalue weighted by atomic mass is 10.1. The van der Waals surface area contributed by atoms with Gasteiger partial charge in [-0.2, -0.15) is 0 Å². The Morgan fingerprint density at radius 1 is 1.12 bits per heavy atom. The van der Waals surface area contributed by atoms with Crippen molar-refractivity contribution in [2.45, 2.75) is 24.3 Å². The first-order valence-corrected chi connectivity index (χ1v) is 8.66. The average Bonchev–Trinajstić information content (AvgIpc) is 3.03. The molecular weight excluding hydrogens is 344 g/mol. The molecule has 4 nitrogen and oxygen atoms in total. The standard InChI is InChI=1S/C18H15ClN2O2S/c1-11-5-3-4-6-15(11)17-20-21-18(23-17)24-12(2)16(22)13-7-9-14(19)10-8-13/h3-10,12H,1-2H3/t12-/m1/s1. The summed E-state index contributed by atoms with van der Waals surface area (Å²) < 4.78 is 5.69. The van der Waals surface area contributed by atoms with Crippen LogP contribution in [0.1, 0.15) is 22.8 Å². The number of thioether (sulfide) groups is 1. The van der Waals surface area contributed by atoms with E-state index in [1.54, 1.807) is 24.3 Å². The van der Waals surface area contributed by atoms with Gasteiger partial charge in [-0.1, -0.05) is 41.6 Å². The second kappa shape index (κ2) is 7.20. The summed E-state index contributed by atoms with van der Waals surface area (Å²) in [6, 6.07) is 14.6. The first-order valence-electron chi connectivity index (χ1n) is 7.40. The van der Waals surface area contributed by atoms with Gasteiger partial charge in [-0.05, 0) is 49.7 Å². The third-order valence-electron chi connectivity index (χ3n) is 3.56. The number of hydrogen-bond acceptors (Lipinski definition) is 5. The maximum atomic E-state index is 12.4. The van der Waals surface area contributed by atoms with E-state index in [0.717, 1.165) is 11.1 Å². The smallest absolute Gasteiger partial charge is 0.277 e. The Kier molecular flexibility index (Phi) is 5.02. The predicted octanol–water partition coefficient (Wildman–Crippen LogP) is 5.06. The van der Waals surface area contributed by atoms with E-state index in [1.165, 1.54) is 11.8 Å². The molecule has 2 aromatic carbocycles. The maximum absolute atomic E-state index is 12.4. The summed E-state index contributed by atoms with van der Waals surface area (Å²) in [7, 11) is 0. The molecular formula is C18H15ClN2O2S. The Labute approximate surface area is 149 Å². The lowest BCUT2D eigenvalue weighted by molar-refractivity contribution is 0.0993. The molecule has 0 aliphatic carbocycles. The molecule has 0 N–H and O–H groups in total. The summed E-state index contributed by atoms with van der Waals surface area (Å²) in [6.07, 6.45) is 0. The molecule has 0 aliphatic heterocycles. The Balaban J connectivity index is 1.73. The number of benzene rings is 2. The number of rotatable bonds is 5. The van der Waals surface area contributed by atoms with Crippen molar-refractivity contribution in [1.82, 2.24) is 10.2 Å². The van der Waals surface area contributed by atoms with Gasteiger partial charge < -0.3 is 4.42 Å². The zero-order valence-corrected chi connectivity index (χ0v) is 14.8. The van der Waals surface area contributed by atoms with Crippen LogP contribution in [-0.2, 0) is 0 Å². The van der Waals surface area contributed by atoms with Crippen LogP contribution < -0.4 is 0 Å². The molecule has 1 atom stereocenters. The topological polar surface area (TPSA) is 56.0 Å². The van der Waals surface area contributed by atoms with Crippen LogP contribution in [-0.4, -0.2) is 21.2 Å². The molecule has 0 amide bonds. The third kappa shape index (κ3) is 3.68. The van der Waals surface area contributed by atoms with Gasteiger partial charge in [0, 0.05) is 16.1 Å². The van der Waals surface area contributed by atoms with Crippen LogP contribution in [0.15, 0.2) is 58.2 Å². The molecule has 1 heterocycles. The molecule has 0 unspecified atom stereocenters. The molecule has 3 rings (SSSR count). The average molecular weight is 359 g/mol. The predicted molar refractivity (Wildman–Crippen MR) is 95.6 cm³/mol. The highest BCUT2D eigenvalue weighted by atomic mass is 35.5. The molecule has 24 heavy (non-hydrogen) atoms. The number of nitrogens with zero attached hydrogens (tertiary/aromatic N) is 2. The van der Waals surface area contributed by atoms with Crippen molar-refractivity contribution in [3.63, 3.8) is 0 Å². The molecule has 0 aliphatic rings. The zero-order chi connectivity index (χ0) is 17.1. The van der Waals surface area contributed by atoms with E-state index in [0.29, 0.717) is 21.7 Å². The molecule has 0 saturated carbocycles. The number of hydrogen-bond donors (Lipinski definition) is 0. The van der Waals surface area contributed by atoms with Crippen LogP contribution in [0.5, 0.6) is 0 Å². The molecule has 0 fully saturated rings.